The minimum Gasteiger partial charge on any atom is -0.497 e. The zero-order valence-electron chi connectivity index (χ0n) is 19.1. The van der Waals surface area contributed by atoms with E-state index in [0.29, 0.717) is 32.9 Å². The third kappa shape index (κ3) is 6.52. The molecule has 1 heterocycles. The summed E-state index contributed by atoms with van der Waals surface area (Å²) in [6.07, 6.45) is 0. The fraction of sp³-hybridized carbons (Fsp3) is 0.143. The van der Waals surface area contributed by atoms with Crippen LogP contribution in [0.1, 0.15) is 11.1 Å². The molecule has 4 nitrogen and oxygen atoms in total. The molecule has 1 aromatic heterocycles. The van der Waals surface area contributed by atoms with Crippen LogP contribution in [0.2, 0.25) is 5.02 Å². The lowest BCUT2D eigenvalue weighted by Crippen LogP contribution is -2.04. The van der Waals surface area contributed by atoms with Crippen molar-refractivity contribution in [3.05, 3.63) is 101 Å². The highest BCUT2D eigenvalue weighted by Crippen LogP contribution is 2.34. The van der Waals surface area contributed by atoms with E-state index in [9.17, 15) is 9.47 Å². The number of nitrogens with zero attached hydrogens (tertiary/aromatic N) is 2. The number of thioether (sulfide) groups is 1. The van der Waals surface area contributed by atoms with Crippen LogP contribution in [0.3, 0.4) is 0 Å². The third-order valence-electron chi connectivity index (χ3n) is 5.36. The lowest BCUT2D eigenvalue weighted by atomic mass is 9.99. The molecule has 0 aliphatic carbocycles. The number of benzene rings is 3. The van der Waals surface area contributed by atoms with Crippen molar-refractivity contribution in [2.24, 2.45) is 0 Å². The molecule has 0 saturated heterocycles. The molecule has 0 radical (unpaired) electrons. The second-order valence-electron chi connectivity index (χ2n) is 7.70. The van der Waals surface area contributed by atoms with Gasteiger partial charge in [-0.05, 0) is 53.6 Å². The topological polar surface area (TPSA) is 63.0 Å². The second kappa shape index (κ2) is 12.0. The highest BCUT2D eigenvalue weighted by atomic mass is 35.5. The molecule has 7 heteroatoms. The predicted octanol–water partition coefficient (Wildman–Crippen LogP) is 6.99. The molecular formula is C28H23ClN2O2S2. The van der Waals surface area contributed by atoms with Crippen molar-refractivity contribution in [2.75, 3.05) is 18.6 Å². The van der Waals surface area contributed by atoms with Gasteiger partial charge in [0.05, 0.1) is 18.4 Å². The summed E-state index contributed by atoms with van der Waals surface area (Å²) in [5.41, 5.74) is 5.01. The Balaban J connectivity index is 1.59. The van der Waals surface area contributed by atoms with E-state index in [1.165, 1.54) is 11.8 Å². The van der Waals surface area contributed by atoms with Crippen molar-refractivity contribution >= 4 is 34.2 Å². The molecule has 0 fully saturated rings. The summed E-state index contributed by atoms with van der Waals surface area (Å²) in [6.45, 7) is 0. The molecule has 0 spiro atoms. The molecule has 35 heavy (non-hydrogen) atoms. The molecule has 0 unspecified atom stereocenters. The number of nitriles is 1. The second-order valence-corrected chi connectivity index (χ2v) is 10.8. The smallest absolute Gasteiger partial charge is 0.118 e. The van der Waals surface area contributed by atoms with Crippen LogP contribution in [0.15, 0.2) is 90.0 Å². The first-order valence-electron chi connectivity index (χ1n) is 10.9. The lowest BCUT2D eigenvalue weighted by molar-refractivity contribution is 0.415. The molecule has 0 saturated carbocycles. The quantitative estimate of drug-likeness (QED) is 0.223. The SMILES string of the molecule is COc1ccc(-c2cc(-c3ccccc3)c(C#N)c(SCC[S@@](=O)Cc3ccc(Cl)cc3)n2)cc1. The van der Waals surface area contributed by atoms with Crippen LogP contribution in [0, 0.1) is 11.3 Å². The van der Waals surface area contributed by atoms with Crippen molar-refractivity contribution in [2.45, 2.75) is 10.8 Å². The average molecular weight is 519 g/mol. The Labute approximate surface area is 217 Å². The van der Waals surface area contributed by atoms with Crippen molar-refractivity contribution < 1.29 is 8.95 Å². The average Bonchev–Trinajstić information content (AvgIpc) is 2.90. The molecule has 176 valence electrons. The molecule has 3 aromatic carbocycles. The van der Waals surface area contributed by atoms with Gasteiger partial charge in [0.15, 0.2) is 0 Å². The maximum Gasteiger partial charge on any atom is 0.118 e. The van der Waals surface area contributed by atoms with Gasteiger partial charge in [-0.2, -0.15) is 5.26 Å². The Morgan fingerprint density at radius 3 is 2.37 bits per heavy atom. The molecular weight excluding hydrogens is 496 g/mol. The summed E-state index contributed by atoms with van der Waals surface area (Å²) >= 11 is 7.40. The number of hydrogen-bond donors (Lipinski definition) is 0. The Bertz CT molecular complexity index is 1350. The van der Waals surface area contributed by atoms with Crippen LogP contribution in [0.5, 0.6) is 5.75 Å². The van der Waals surface area contributed by atoms with Crippen molar-refractivity contribution in [3.8, 4) is 34.2 Å². The number of methoxy groups -OCH3 is 1. The van der Waals surface area contributed by atoms with Gasteiger partial charge in [-0.25, -0.2) is 4.98 Å². The van der Waals surface area contributed by atoms with E-state index in [2.05, 4.69) is 6.07 Å². The van der Waals surface area contributed by atoms with Gasteiger partial charge in [-0.3, -0.25) is 4.21 Å². The van der Waals surface area contributed by atoms with Crippen LogP contribution >= 0.6 is 23.4 Å². The molecule has 4 rings (SSSR count). The number of aromatic nitrogens is 1. The van der Waals surface area contributed by atoms with Gasteiger partial charge >= 0.3 is 0 Å². The summed E-state index contributed by atoms with van der Waals surface area (Å²) in [4.78, 5) is 4.83. The van der Waals surface area contributed by atoms with E-state index in [1.54, 1.807) is 7.11 Å². The number of ether oxygens (including phenoxy) is 1. The van der Waals surface area contributed by atoms with Crippen LogP contribution in [-0.2, 0) is 16.6 Å². The number of pyridine rings is 1. The van der Waals surface area contributed by atoms with Gasteiger partial charge in [-0.1, -0.05) is 54.1 Å². The molecule has 1 atom stereocenters. The third-order valence-corrected chi connectivity index (χ3v) is 8.16. The Hall–Kier alpha value is -3.11. The normalized spacial score (nSPS) is 11.6. The summed E-state index contributed by atoms with van der Waals surface area (Å²) in [7, 11) is 0.598. The first-order valence-corrected chi connectivity index (χ1v) is 13.8. The van der Waals surface area contributed by atoms with Gasteiger partial charge in [0, 0.05) is 44.2 Å². The van der Waals surface area contributed by atoms with Gasteiger partial charge < -0.3 is 4.74 Å². The Morgan fingerprint density at radius 2 is 1.71 bits per heavy atom. The van der Waals surface area contributed by atoms with Gasteiger partial charge in [-0.15, -0.1) is 11.8 Å². The highest BCUT2D eigenvalue weighted by molar-refractivity contribution is 8.00. The maximum atomic E-state index is 12.6. The van der Waals surface area contributed by atoms with Crippen LogP contribution in [-0.4, -0.2) is 27.8 Å². The van der Waals surface area contributed by atoms with Crippen molar-refractivity contribution in [1.82, 2.24) is 4.98 Å². The van der Waals surface area contributed by atoms with E-state index in [0.717, 1.165) is 33.7 Å². The summed E-state index contributed by atoms with van der Waals surface area (Å²) < 4.78 is 17.9. The minimum atomic E-state index is -1.03. The van der Waals surface area contributed by atoms with E-state index < -0.39 is 10.8 Å². The van der Waals surface area contributed by atoms with E-state index in [1.807, 2.05) is 84.9 Å². The summed E-state index contributed by atoms with van der Waals surface area (Å²) in [6, 6.07) is 29.3. The van der Waals surface area contributed by atoms with E-state index >= 15 is 0 Å². The van der Waals surface area contributed by atoms with E-state index in [-0.39, 0.29) is 0 Å². The van der Waals surface area contributed by atoms with Gasteiger partial charge in [0.2, 0.25) is 0 Å². The minimum absolute atomic E-state index is 0.470. The highest BCUT2D eigenvalue weighted by Gasteiger charge is 2.16. The number of halogens is 1. The molecule has 0 aliphatic rings. The fourth-order valence-electron chi connectivity index (χ4n) is 3.56. The summed E-state index contributed by atoms with van der Waals surface area (Å²) in [5.74, 6) is 2.32. The van der Waals surface area contributed by atoms with Crippen molar-refractivity contribution in [3.63, 3.8) is 0 Å². The molecule has 0 amide bonds. The number of rotatable bonds is 9. The molecule has 0 N–H and O–H groups in total. The number of hydrogen-bond acceptors (Lipinski definition) is 5. The standard InChI is InChI=1S/C28H23ClN2O2S2/c1-33-24-13-9-22(10-14-24)27-17-25(21-5-3-2-4-6-21)26(18-30)28(31-27)34-15-16-35(32)19-20-7-11-23(29)12-8-20/h2-14,17H,15-16,19H2,1H3/t35-/m1/s1. The van der Waals surface area contributed by atoms with Crippen LogP contribution in [0.25, 0.3) is 22.4 Å². The van der Waals surface area contributed by atoms with Crippen LogP contribution in [0.4, 0.5) is 0 Å². The predicted molar refractivity (Wildman–Crippen MR) is 145 cm³/mol. The van der Waals surface area contributed by atoms with Crippen molar-refractivity contribution in [1.29, 1.82) is 5.26 Å². The Morgan fingerprint density at radius 1 is 1.00 bits per heavy atom. The monoisotopic (exact) mass is 518 g/mol. The first kappa shape index (κ1) is 25.0. The Kier molecular flexibility index (Phi) is 8.59. The summed E-state index contributed by atoms with van der Waals surface area (Å²) in [5, 5.41) is 11.3. The molecule has 0 bridgehead atoms. The zero-order chi connectivity index (χ0) is 24.6. The molecule has 0 aliphatic heterocycles. The lowest BCUT2D eigenvalue weighted by Gasteiger charge is -2.13. The first-order chi connectivity index (χ1) is 17.1. The largest absolute Gasteiger partial charge is 0.497 e. The fourth-order valence-corrected chi connectivity index (χ4v) is 6.13. The van der Waals surface area contributed by atoms with Gasteiger partial charge in [0.1, 0.15) is 16.8 Å². The van der Waals surface area contributed by atoms with Gasteiger partial charge in [0.25, 0.3) is 0 Å². The maximum absolute atomic E-state index is 12.6. The van der Waals surface area contributed by atoms with E-state index in [4.69, 9.17) is 21.3 Å². The van der Waals surface area contributed by atoms with Crippen LogP contribution < -0.4 is 4.74 Å². The zero-order valence-corrected chi connectivity index (χ0v) is 21.5. The molecule has 4 aromatic rings.